The molecule has 16 heavy (non-hydrogen) atoms. The molecule has 1 rings (SSSR count). The standard InChI is InChI=1S/C10H14N2O3S/c1-2-7(9(14)15)3-4-8(13)12-10-11-5-6-16-10/h5-7H,2-4H2,1H3,(H,14,15)(H,11,12,13)/p-1. The maximum absolute atomic E-state index is 11.4. The van der Waals surface area contributed by atoms with E-state index in [2.05, 4.69) is 10.3 Å². The molecule has 1 atom stereocenters. The molecule has 0 fully saturated rings. The topological polar surface area (TPSA) is 82.1 Å². The van der Waals surface area contributed by atoms with Gasteiger partial charge in [-0.05, 0) is 18.8 Å². The summed E-state index contributed by atoms with van der Waals surface area (Å²) in [7, 11) is 0. The number of carboxylic acids is 1. The van der Waals surface area contributed by atoms with Crippen molar-refractivity contribution in [3.05, 3.63) is 11.6 Å². The number of rotatable bonds is 6. The first-order valence-electron chi connectivity index (χ1n) is 5.03. The SMILES string of the molecule is CCC(CCC(=O)Nc1nccs1)C(=O)[O-]. The minimum atomic E-state index is -1.09. The smallest absolute Gasteiger partial charge is 0.226 e. The van der Waals surface area contributed by atoms with Crippen molar-refractivity contribution >= 4 is 28.3 Å². The Morgan fingerprint density at radius 3 is 2.88 bits per heavy atom. The normalized spacial score (nSPS) is 12.1. The Morgan fingerprint density at radius 2 is 2.38 bits per heavy atom. The van der Waals surface area contributed by atoms with Crippen LogP contribution in [0.25, 0.3) is 0 Å². The van der Waals surface area contributed by atoms with Gasteiger partial charge >= 0.3 is 0 Å². The van der Waals surface area contributed by atoms with Crippen LogP contribution in [0.5, 0.6) is 0 Å². The van der Waals surface area contributed by atoms with Crippen molar-refractivity contribution in [3.63, 3.8) is 0 Å². The van der Waals surface area contributed by atoms with E-state index in [1.165, 1.54) is 11.3 Å². The lowest BCUT2D eigenvalue weighted by Crippen LogP contribution is -2.31. The molecule has 5 nitrogen and oxygen atoms in total. The van der Waals surface area contributed by atoms with Crippen LogP contribution in [0.1, 0.15) is 26.2 Å². The zero-order chi connectivity index (χ0) is 12.0. The number of carbonyl (C=O) groups is 2. The molecule has 0 aromatic carbocycles. The van der Waals surface area contributed by atoms with Crippen molar-refractivity contribution in [3.8, 4) is 0 Å². The van der Waals surface area contributed by atoms with E-state index in [-0.39, 0.29) is 12.3 Å². The fourth-order valence-corrected chi connectivity index (χ4v) is 1.81. The quantitative estimate of drug-likeness (QED) is 0.792. The molecular weight excluding hydrogens is 228 g/mol. The van der Waals surface area contributed by atoms with Gasteiger partial charge in [0.2, 0.25) is 5.91 Å². The van der Waals surface area contributed by atoms with Crippen LogP contribution < -0.4 is 10.4 Å². The van der Waals surface area contributed by atoms with Gasteiger partial charge in [-0.15, -0.1) is 11.3 Å². The Bertz CT molecular complexity index is 351. The van der Waals surface area contributed by atoms with E-state index in [4.69, 9.17) is 0 Å². The summed E-state index contributed by atoms with van der Waals surface area (Å²) in [6.45, 7) is 1.76. The molecule has 0 spiro atoms. The molecule has 0 saturated heterocycles. The van der Waals surface area contributed by atoms with E-state index in [1.807, 2.05) is 0 Å². The van der Waals surface area contributed by atoms with Crippen molar-refractivity contribution < 1.29 is 14.7 Å². The van der Waals surface area contributed by atoms with Crippen molar-refractivity contribution in [2.75, 3.05) is 5.32 Å². The molecule has 1 aromatic heterocycles. The highest BCUT2D eigenvalue weighted by atomic mass is 32.1. The Balaban J connectivity index is 2.32. The molecule has 0 radical (unpaired) electrons. The molecule has 88 valence electrons. The van der Waals surface area contributed by atoms with E-state index in [0.29, 0.717) is 18.0 Å². The molecule has 0 aliphatic heterocycles. The molecule has 0 saturated carbocycles. The lowest BCUT2D eigenvalue weighted by atomic mass is 10.0. The first kappa shape index (κ1) is 12.6. The van der Waals surface area contributed by atoms with Crippen LogP contribution in [-0.2, 0) is 9.59 Å². The summed E-state index contributed by atoms with van der Waals surface area (Å²) >= 11 is 1.33. The monoisotopic (exact) mass is 241 g/mol. The molecule has 0 aliphatic rings. The summed E-state index contributed by atoms with van der Waals surface area (Å²) in [5.74, 6) is -1.86. The molecule has 1 heterocycles. The largest absolute Gasteiger partial charge is 0.550 e. The summed E-state index contributed by atoms with van der Waals surface area (Å²) in [6, 6.07) is 0. The van der Waals surface area contributed by atoms with Crippen LogP contribution in [0, 0.1) is 5.92 Å². The minimum absolute atomic E-state index is 0.173. The summed E-state index contributed by atoms with van der Waals surface area (Å²) in [6.07, 6.45) is 2.55. The van der Waals surface area contributed by atoms with Crippen LogP contribution in [0.15, 0.2) is 11.6 Å². The number of carboxylic acid groups (broad SMARTS) is 1. The number of nitrogens with one attached hydrogen (secondary N) is 1. The van der Waals surface area contributed by atoms with Crippen LogP contribution in [0.2, 0.25) is 0 Å². The second kappa shape index (κ2) is 6.22. The molecule has 0 aliphatic carbocycles. The predicted octanol–water partition coefficient (Wildman–Crippen LogP) is 0.638. The van der Waals surface area contributed by atoms with Gasteiger partial charge in [0.05, 0.1) is 0 Å². The van der Waals surface area contributed by atoms with E-state index in [1.54, 1.807) is 18.5 Å². The Hall–Kier alpha value is -1.43. The average molecular weight is 241 g/mol. The van der Waals surface area contributed by atoms with Gasteiger partial charge in [0, 0.05) is 24.0 Å². The lowest BCUT2D eigenvalue weighted by Gasteiger charge is -2.14. The van der Waals surface area contributed by atoms with Gasteiger partial charge in [0.1, 0.15) is 0 Å². The number of amides is 1. The van der Waals surface area contributed by atoms with Gasteiger partial charge in [0.15, 0.2) is 5.13 Å². The van der Waals surface area contributed by atoms with E-state index >= 15 is 0 Å². The minimum Gasteiger partial charge on any atom is -0.550 e. The highest BCUT2D eigenvalue weighted by Gasteiger charge is 2.11. The molecular formula is C10H13N2O3S-. The van der Waals surface area contributed by atoms with Crippen LogP contribution in [0.4, 0.5) is 5.13 Å². The van der Waals surface area contributed by atoms with Crippen molar-refractivity contribution in [1.82, 2.24) is 4.98 Å². The third kappa shape index (κ3) is 3.98. The third-order valence-corrected chi connectivity index (χ3v) is 2.91. The number of carbonyl (C=O) groups excluding carboxylic acids is 2. The fourth-order valence-electron chi connectivity index (χ4n) is 1.26. The number of thiazole rings is 1. The second-order valence-electron chi connectivity index (χ2n) is 3.35. The zero-order valence-electron chi connectivity index (χ0n) is 8.93. The first-order valence-corrected chi connectivity index (χ1v) is 5.91. The molecule has 1 N–H and O–H groups in total. The molecule has 6 heteroatoms. The first-order chi connectivity index (χ1) is 7.63. The van der Waals surface area contributed by atoms with Gasteiger partial charge in [-0.3, -0.25) is 4.79 Å². The molecule has 0 bridgehead atoms. The molecule has 1 amide bonds. The summed E-state index contributed by atoms with van der Waals surface area (Å²) in [4.78, 5) is 25.9. The van der Waals surface area contributed by atoms with Gasteiger partial charge in [-0.25, -0.2) is 4.98 Å². The zero-order valence-corrected chi connectivity index (χ0v) is 9.75. The van der Waals surface area contributed by atoms with E-state index in [9.17, 15) is 14.7 Å². The number of aliphatic carboxylic acids is 1. The van der Waals surface area contributed by atoms with Gasteiger partial charge in [0.25, 0.3) is 0 Å². The molecule has 1 aromatic rings. The van der Waals surface area contributed by atoms with E-state index < -0.39 is 11.9 Å². The highest BCUT2D eigenvalue weighted by Crippen LogP contribution is 2.13. The summed E-state index contributed by atoms with van der Waals surface area (Å²) < 4.78 is 0. The average Bonchev–Trinajstić information content (AvgIpc) is 2.70. The third-order valence-electron chi connectivity index (χ3n) is 2.22. The Morgan fingerprint density at radius 1 is 1.62 bits per heavy atom. The second-order valence-corrected chi connectivity index (χ2v) is 4.24. The number of nitrogens with zero attached hydrogens (tertiary/aromatic N) is 1. The van der Waals surface area contributed by atoms with Crippen LogP contribution >= 0.6 is 11.3 Å². The lowest BCUT2D eigenvalue weighted by molar-refractivity contribution is -0.311. The van der Waals surface area contributed by atoms with Crippen LogP contribution in [0.3, 0.4) is 0 Å². The molecule has 1 unspecified atom stereocenters. The maximum Gasteiger partial charge on any atom is 0.226 e. The number of aromatic nitrogens is 1. The number of anilines is 1. The number of hydrogen-bond acceptors (Lipinski definition) is 5. The fraction of sp³-hybridized carbons (Fsp3) is 0.500. The van der Waals surface area contributed by atoms with Crippen molar-refractivity contribution in [2.24, 2.45) is 5.92 Å². The van der Waals surface area contributed by atoms with Crippen LogP contribution in [-0.4, -0.2) is 16.9 Å². The maximum atomic E-state index is 11.4. The summed E-state index contributed by atoms with van der Waals surface area (Å²) in [5, 5.41) is 15.5. The number of hydrogen-bond donors (Lipinski definition) is 1. The van der Waals surface area contributed by atoms with Gasteiger partial charge in [-0.2, -0.15) is 0 Å². The Labute approximate surface area is 97.5 Å². The predicted molar refractivity (Wildman–Crippen MR) is 58.8 cm³/mol. The van der Waals surface area contributed by atoms with Gasteiger partial charge in [-0.1, -0.05) is 6.92 Å². The van der Waals surface area contributed by atoms with Crippen molar-refractivity contribution in [2.45, 2.75) is 26.2 Å². The summed E-state index contributed by atoms with van der Waals surface area (Å²) in [5.41, 5.74) is 0. The van der Waals surface area contributed by atoms with E-state index in [0.717, 1.165) is 0 Å². The highest BCUT2D eigenvalue weighted by molar-refractivity contribution is 7.13. The Kier molecular flexibility index (Phi) is 4.91. The van der Waals surface area contributed by atoms with Gasteiger partial charge < -0.3 is 15.2 Å². The van der Waals surface area contributed by atoms with Crippen molar-refractivity contribution in [1.29, 1.82) is 0 Å².